The standard InChI is InChI=1S/C14H9ClIN3O/c15-11-7-9(3-6-12(11)16)14-18-13(19-20-14)8-1-4-10(17)5-2-8/h1-7H,17H2. The van der Waals surface area contributed by atoms with E-state index in [1.165, 1.54) is 0 Å². The molecular weight excluding hydrogens is 389 g/mol. The minimum absolute atomic E-state index is 0.440. The number of nitrogens with two attached hydrogens (primary N) is 1. The van der Waals surface area contributed by atoms with Gasteiger partial charge in [-0.1, -0.05) is 16.8 Å². The monoisotopic (exact) mass is 397 g/mol. The number of anilines is 1. The Hall–Kier alpha value is -1.60. The van der Waals surface area contributed by atoms with Gasteiger partial charge < -0.3 is 10.3 Å². The zero-order chi connectivity index (χ0) is 14.1. The van der Waals surface area contributed by atoms with Crippen LogP contribution in [-0.2, 0) is 0 Å². The second-order valence-electron chi connectivity index (χ2n) is 4.17. The number of benzene rings is 2. The highest BCUT2D eigenvalue weighted by Gasteiger charge is 2.11. The van der Waals surface area contributed by atoms with Crippen LogP contribution in [0.5, 0.6) is 0 Å². The Morgan fingerprint density at radius 3 is 2.45 bits per heavy atom. The van der Waals surface area contributed by atoms with E-state index in [-0.39, 0.29) is 0 Å². The van der Waals surface area contributed by atoms with E-state index in [1.54, 1.807) is 12.1 Å². The molecule has 2 aromatic carbocycles. The average molecular weight is 398 g/mol. The van der Waals surface area contributed by atoms with Crippen molar-refractivity contribution in [2.75, 3.05) is 5.73 Å². The van der Waals surface area contributed by atoms with E-state index in [0.717, 1.165) is 14.7 Å². The third-order valence-corrected chi connectivity index (χ3v) is 4.33. The molecule has 0 atom stereocenters. The van der Waals surface area contributed by atoms with Crippen molar-refractivity contribution in [2.45, 2.75) is 0 Å². The number of rotatable bonds is 2. The number of aromatic nitrogens is 2. The van der Waals surface area contributed by atoms with E-state index in [2.05, 4.69) is 32.7 Å². The Kier molecular flexibility index (Phi) is 3.62. The lowest BCUT2D eigenvalue weighted by atomic mass is 10.2. The van der Waals surface area contributed by atoms with Crippen molar-refractivity contribution in [1.29, 1.82) is 0 Å². The van der Waals surface area contributed by atoms with Crippen LogP contribution in [0.4, 0.5) is 5.69 Å². The molecule has 0 saturated carbocycles. The van der Waals surface area contributed by atoms with Crippen molar-refractivity contribution in [3.05, 3.63) is 51.1 Å². The van der Waals surface area contributed by atoms with Gasteiger partial charge in [0.05, 0.1) is 5.02 Å². The number of nitrogen functional groups attached to an aromatic ring is 1. The van der Waals surface area contributed by atoms with Crippen LogP contribution in [0.25, 0.3) is 22.8 Å². The van der Waals surface area contributed by atoms with Crippen LogP contribution in [-0.4, -0.2) is 10.1 Å². The Morgan fingerprint density at radius 1 is 1.05 bits per heavy atom. The summed E-state index contributed by atoms with van der Waals surface area (Å²) in [7, 11) is 0. The van der Waals surface area contributed by atoms with E-state index < -0.39 is 0 Å². The molecule has 0 bridgehead atoms. The van der Waals surface area contributed by atoms with Crippen LogP contribution >= 0.6 is 34.2 Å². The van der Waals surface area contributed by atoms with Gasteiger partial charge in [-0.15, -0.1) is 0 Å². The van der Waals surface area contributed by atoms with Gasteiger partial charge >= 0.3 is 0 Å². The molecule has 4 nitrogen and oxygen atoms in total. The first-order valence-electron chi connectivity index (χ1n) is 5.78. The maximum Gasteiger partial charge on any atom is 0.258 e. The third-order valence-electron chi connectivity index (χ3n) is 2.76. The van der Waals surface area contributed by atoms with Gasteiger partial charge in [-0.3, -0.25) is 0 Å². The molecule has 1 heterocycles. The highest BCUT2D eigenvalue weighted by molar-refractivity contribution is 14.1. The smallest absolute Gasteiger partial charge is 0.258 e. The molecule has 0 aliphatic carbocycles. The van der Waals surface area contributed by atoms with Gasteiger partial charge in [-0.2, -0.15) is 4.98 Å². The van der Waals surface area contributed by atoms with Gasteiger partial charge in [0.25, 0.3) is 5.89 Å². The Balaban J connectivity index is 1.97. The van der Waals surface area contributed by atoms with E-state index >= 15 is 0 Å². The first-order chi connectivity index (χ1) is 9.63. The van der Waals surface area contributed by atoms with E-state index in [4.69, 9.17) is 21.9 Å². The lowest BCUT2D eigenvalue weighted by Crippen LogP contribution is -1.85. The molecule has 100 valence electrons. The quantitative estimate of drug-likeness (QED) is 0.519. The van der Waals surface area contributed by atoms with Crippen molar-refractivity contribution in [2.24, 2.45) is 0 Å². The van der Waals surface area contributed by atoms with Crippen LogP contribution in [0.1, 0.15) is 0 Å². The first-order valence-corrected chi connectivity index (χ1v) is 7.24. The van der Waals surface area contributed by atoms with Crippen LogP contribution in [0.2, 0.25) is 5.02 Å². The zero-order valence-corrected chi connectivity index (χ0v) is 13.1. The van der Waals surface area contributed by atoms with Crippen LogP contribution in [0, 0.1) is 3.57 Å². The van der Waals surface area contributed by atoms with Gasteiger partial charge in [-0.05, 0) is 65.1 Å². The van der Waals surface area contributed by atoms with E-state index in [0.29, 0.717) is 22.4 Å². The number of halogens is 2. The predicted octanol–water partition coefficient (Wildman–Crippen LogP) is 4.24. The molecule has 20 heavy (non-hydrogen) atoms. The molecule has 3 rings (SSSR count). The van der Waals surface area contributed by atoms with Gasteiger partial charge in [0.2, 0.25) is 5.82 Å². The Labute approximate surface area is 134 Å². The summed E-state index contributed by atoms with van der Waals surface area (Å²) >= 11 is 8.26. The van der Waals surface area contributed by atoms with Gasteiger partial charge in [0.1, 0.15) is 0 Å². The van der Waals surface area contributed by atoms with Crippen molar-refractivity contribution in [3.8, 4) is 22.8 Å². The molecule has 0 saturated heterocycles. The number of hydrogen-bond donors (Lipinski definition) is 1. The molecule has 3 aromatic rings. The highest BCUT2D eigenvalue weighted by atomic mass is 127. The maximum atomic E-state index is 6.09. The van der Waals surface area contributed by atoms with Crippen LogP contribution < -0.4 is 5.73 Å². The van der Waals surface area contributed by atoms with Crippen LogP contribution in [0.15, 0.2) is 47.0 Å². The van der Waals surface area contributed by atoms with Crippen LogP contribution in [0.3, 0.4) is 0 Å². The van der Waals surface area contributed by atoms with Gasteiger partial charge in [-0.25, -0.2) is 0 Å². The molecule has 0 unspecified atom stereocenters. The fourth-order valence-corrected chi connectivity index (χ4v) is 2.24. The summed E-state index contributed by atoms with van der Waals surface area (Å²) in [5, 5.41) is 4.64. The molecule has 6 heteroatoms. The lowest BCUT2D eigenvalue weighted by molar-refractivity contribution is 0.432. The zero-order valence-electron chi connectivity index (χ0n) is 10.2. The lowest BCUT2D eigenvalue weighted by Gasteiger charge is -1.97. The summed E-state index contributed by atoms with van der Waals surface area (Å²) in [6, 6.07) is 12.9. The molecular formula is C14H9ClIN3O. The summed E-state index contributed by atoms with van der Waals surface area (Å²) in [5.41, 5.74) is 8.00. The number of nitrogens with zero attached hydrogens (tertiary/aromatic N) is 2. The van der Waals surface area contributed by atoms with E-state index in [1.807, 2.05) is 30.3 Å². The molecule has 1 aromatic heterocycles. The molecule has 0 aliphatic rings. The molecule has 0 radical (unpaired) electrons. The fourth-order valence-electron chi connectivity index (χ4n) is 1.72. The molecule has 2 N–H and O–H groups in total. The number of hydrogen-bond acceptors (Lipinski definition) is 4. The van der Waals surface area contributed by atoms with Crippen molar-refractivity contribution >= 4 is 39.9 Å². The summed E-state index contributed by atoms with van der Waals surface area (Å²) in [6.07, 6.45) is 0. The summed E-state index contributed by atoms with van der Waals surface area (Å²) in [5.74, 6) is 0.963. The normalized spacial score (nSPS) is 10.7. The largest absolute Gasteiger partial charge is 0.399 e. The maximum absolute atomic E-state index is 6.09. The van der Waals surface area contributed by atoms with Crippen molar-refractivity contribution < 1.29 is 4.52 Å². The Bertz CT molecular complexity index is 755. The molecule has 0 fully saturated rings. The summed E-state index contributed by atoms with van der Waals surface area (Å²) in [4.78, 5) is 4.37. The molecule has 0 spiro atoms. The second kappa shape index (κ2) is 5.41. The predicted molar refractivity (Wildman–Crippen MR) is 87.3 cm³/mol. The topological polar surface area (TPSA) is 64.9 Å². The average Bonchev–Trinajstić information content (AvgIpc) is 2.92. The van der Waals surface area contributed by atoms with Gasteiger partial charge in [0.15, 0.2) is 0 Å². The second-order valence-corrected chi connectivity index (χ2v) is 5.74. The fraction of sp³-hybridized carbons (Fsp3) is 0. The van der Waals surface area contributed by atoms with Gasteiger partial charge in [0, 0.05) is 20.4 Å². The SMILES string of the molecule is Nc1ccc(-c2noc(-c3ccc(I)c(Cl)c3)n2)cc1. The van der Waals surface area contributed by atoms with Crippen molar-refractivity contribution in [3.63, 3.8) is 0 Å². The minimum atomic E-state index is 0.440. The third kappa shape index (κ3) is 2.64. The summed E-state index contributed by atoms with van der Waals surface area (Å²) < 4.78 is 6.25. The molecule has 0 aliphatic heterocycles. The first kappa shape index (κ1) is 13.4. The van der Waals surface area contributed by atoms with Crippen molar-refractivity contribution in [1.82, 2.24) is 10.1 Å². The Morgan fingerprint density at radius 2 is 1.75 bits per heavy atom. The highest BCUT2D eigenvalue weighted by Crippen LogP contribution is 2.27. The van der Waals surface area contributed by atoms with E-state index in [9.17, 15) is 0 Å². The minimum Gasteiger partial charge on any atom is -0.399 e. The molecule has 0 amide bonds. The summed E-state index contributed by atoms with van der Waals surface area (Å²) in [6.45, 7) is 0.